The van der Waals surface area contributed by atoms with Crippen LogP contribution in [-0.4, -0.2) is 14.1 Å². The molecule has 0 bridgehead atoms. The molecule has 0 atom stereocenters. The molecule has 8 aromatic carbocycles. The smallest absolute Gasteiger partial charge is 0.268 e. The van der Waals surface area contributed by atoms with Gasteiger partial charge in [-0.2, -0.15) is 17.4 Å². The Morgan fingerprint density at radius 3 is 2.03 bits per heavy atom. The van der Waals surface area contributed by atoms with Gasteiger partial charge >= 0.3 is 0 Å². The zero-order valence-electron chi connectivity index (χ0n) is 45.8. The number of rotatable bonds is 8. The Morgan fingerprint density at radius 2 is 1.33 bits per heavy atom. The van der Waals surface area contributed by atoms with Crippen LogP contribution in [0.15, 0.2) is 200 Å². The third kappa shape index (κ3) is 7.48. The number of anilines is 3. The summed E-state index contributed by atoms with van der Waals surface area (Å²) in [5, 5.41) is 12.8. The molecule has 320 valence electrons. The molecule has 11 rings (SSSR count). The Hall–Kier alpha value is -7.84. The summed E-state index contributed by atoms with van der Waals surface area (Å²) >= 11 is 0. The summed E-state index contributed by atoms with van der Waals surface area (Å²) < 4.78 is 93.1. The van der Waals surface area contributed by atoms with Gasteiger partial charge in [0.15, 0.2) is 0 Å². The molecule has 6 nitrogen and oxygen atoms in total. The number of imidazole rings is 1. The second-order valence-electron chi connectivity index (χ2n) is 16.5. The molecule has 0 saturated carbocycles. The van der Waals surface area contributed by atoms with Crippen molar-refractivity contribution < 1.29 is 39.3 Å². The van der Waals surface area contributed by atoms with Gasteiger partial charge in [-0.1, -0.05) is 183 Å². The van der Waals surface area contributed by atoms with E-state index in [1.165, 1.54) is 0 Å². The quantitative estimate of drug-likeness (QED) is 0.113. The minimum absolute atomic E-state index is 0. The van der Waals surface area contributed by atoms with Crippen LogP contribution in [0.2, 0.25) is 0 Å². The fraction of sp³-hybridized carbons (Fsp3) is 0.0678. The molecule has 0 spiro atoms. The first kappa shape index (κ1) is 31.9. The molecule has 0 fully saturated rings. The average Bonchev–Trinajstić information content (AvgIpc) is 4.01. The summed E-state index contributed by atoms with van der Waals surface area (Å²) in [6.07, 6.45) is 5.26. The van der Waals surface area contributed by atoms with Crippen molar-refractivity contribution in [3.05, 3.63) is 230 Å². The Labute approximate surface area is 413 Å². The van der Waals surface area contributed by atoms with Crippen LogP contribution in [0.25, 0.3) is 72.3 Å². The summed E-state index contributed by atoms with van der Waals surface area (Å²) in [4.78, 5) is 6.85. The van der Waals surface area contributed by atoms with E-state index in [4.69, 9.17) is 18.7 Å². The second-order valence-corrected chi connectivity index (χ2v) is 16.5. The molecule has 0 aliphatic rings. The number of pyridine rings is 1. The fourth-order valence-corrected chi connectivity index (χ4v) is 8.45. The van der Waals surface area contributed by atoms with Gasteiger partial charge in [-0.05, 0) is 74.6 Å². The number of nitrogens with zero attached hydrogens (tertiary/aromatic N) is 6. The van der Waals surface area contributed by atoms with Crippen molar-refractivity contribution >= 4 is 49.9 Å². The first-order valence-electron chi connectivity index (χ1n) is 26.0. The van der Waals surface area contributed by atoms with Crippen LogP contribution in [0.3, 0.4) is 0 Å². The molecule has 0 N–H and O–H groups in total. The molecule has 66 heavy (non-hydrogen) atoms. The molecular formula is C59H42N6Pt-2. The van der Waals surface area contributed by atoms with Crippen molar-refractivity contribution in [3.8, 4) is 45.5 Å². The topological polar surface area (TPSA) is 53.7 Å². The van der Waals surface area contributed by atoms with Crippen LogP contribution < -0.4 is 9.47 Å². The first-order valence-corrected chi connectivity index (χ1v) is 21.0. The summed E-state index contributed by atoms with van der Waals surface area (Å²) in [5.74, 6) is 0.736. The third-order valence-corrected chi connectivity index (χ3v) is 11.5. The van der Waals surface area contributed by atoms with E-state index >= 15 is 0 Å². The first-order chi connectivity index (χ1) is 36.0. The largest absolute Gasteiger partial charge is 0.359 e. The number of hydrogen-bond acceptors (Lipinski definition) is 3. The van der Waals surface area contributed by atoms with Gasteiger partial charge in [-0.15, -0.1) is 29.7 Å². The van der Waals surface area contributed by atoms with Gasteiger partial charge in [0.1, 0.15) is 5.82 Å². The van der Waals surface area contributed by atoms with Crippen molar-refractivity contribution in [2.75, 3.05) is 4.90 Å². The average molecular weight is 1040 g/mol. The van der Waals surface area contributed by atoms with E-state index in [9.17, 15) is 5.26 Å². The Kier molecular flexibility index (Phi) is 8.35. The summed E-state index contributed by atoms with van der Waals surface area (Å²) in [7, 11) is 0. The molecule has 0 aliphatic carbocycles. The maximum absolute atomic E-state index is 10.8. The van der Waals surface area contributed by atoms with Crippen LogP contribution >= 0.6 is 0 Å². The molecule has 7 heteroatoms. The maximum Gasteiger partial charge on any atom is 0.268 e. The monoisotopic (exact) mass is 1040 g/mol. The zero-order valence-corrected chi connectivity index (χ0v) is 38.1. The van der Waals surface area contributed by atoms with Gasteiger partial charge in [0.2, 0.25) is 0 Å². The second kappa shape index (κ2) is 17.3. The van der Waals surface area contributed by atoms with Gasteiger partial charge in [0.25, 0.3) is 6.33 Å². The number of benzene rings is 8. The fourth-order valence-electron chi connectivity index (χ4n) is 8.45. The van der Waals surface area contributed by atoms with Crippen LogP contribution in [0.5, 0.6) is 0 Å². The molecule has 0 aliphatic heterocycles. The van der Waals surface area contributed by atoms with E-state index in [1.54, 1.807) is 51.6 Å². The van der Waals surface area contributed by atoms with Gasteiger partial charge in [-0.3, -0.25) is 4.57 Å². The van der Waals surface area contributed by atoms with Crippen LogP contribution in [0.1, 0.15) is 45.6 Å². The summed E-state index contributed by atoms with van der Waals surface area (Å²) in [6.45, 7) is 6.50. The van der Waals surface area contributed by atoms with Crippen molar-refractivity contribution in [1.82, 2.24) is 14.1 Å². The van der Waals surface area contributed by atoms with Crippen LogP contribution in [0.4, 0.5) is 17.1 Å². The predicted molar refractivity (Wildman–Crippen MR) is 262 cm³/mol. The van der Waals surface area contributed by atoms with E-state index in [0.29, 0.717) is 28.1 Å². The Morgan fingerprint density at radius 1 is 0.667 bits per heavy atom. The standard InChI is InChI=1S/C59H42N6.Pt/c1-59(2,3)44-32-33-61-57(36-44)65-53-27-14-13-24-51(53)52-31-30-46(38-56(52)65)64(45-22-11-6-12-23-45)48-35-41(39-60)34-47(37-48)62-40-63(55-29-16-15-28-54(55)62)58-49(42-18-7-4-8-19-42)25-17-26-50(58)43-20-9-5-10-21-43;/h4-36H,1-3H3;/q-2;/i4D,5D,7D,8D,9D,10D,18D,19D,20D,21D;. The van der Waals surface area contributed by atoms with E-state index in [1.807, 2.05) is 77.8 Å². The van der Waals surface area contributed by atoms with Gasteiger partial charge in [0, 0.05) is 38.5 Å². The van der Waals surface area contributed by atoms with Crippen molar-refractivity contribution in [1.29, 1.82) is 5.26 Å². The van der Waals surface area contributed by atoms with Gasteiger partial charge < -0.3 is 14.0 Å². The zero-order chi connectivity index (χ0) is 52.8. The normalized spacial score (nSPS) is 13.5. The number of fused-ring (bicyclic) bond motifs is 4. The molecule has 11 aromatic rings. The van der Waals surface area contributed by atoms with Crippen LogP contribution in [0, 0.1) is 29.8 Å². The minimum atomic E-state index is -0.594. The SMILES string of the molecule is [2H]c1c([2H])c([2H])c(-c2cccc(-c3c([2H])c([2H])c([2H])c([2H])c3[2H])c2-[n+]2[c-]n(-c3[c-]c(N(c4[c-]c5c(cc4)c4ccccc4n5-c4cc(C(C)(C)C)ccn4)c4ccccc4)cc(C#N)c3)c3ccccc32)c([2H])c1[2H].[Pt]. The van der Waals surface area contributed by atoms with Gasteiger partial charge in [0.05, 0.1) is 36.5 Å². The summed E-state index contributed by atoms with van der Waals surface area (Å²) in [5.41, 5.74) is 6.19. The van der Waals surface area contributed by atoms with E-state index in [0.717, 1.165) is 38.9 Å². The molecule has 0 radical (unpaired) electrons. The third-order valence-electron chi connectivity index (χ3n) is 11.5. The number of para-hydroxylation sites is 5. The van der Waals surface area contributed by atoms with Crippen molar-refractivity contribution in [2.24, 2.45) is 0 Å². The molecule has 0 amide bonds. The molecule has 0 unspecified atom stereocenters. The van der Waals surface area contributed by atoms with Crippen molar-refractivity contribution in [2.45, 2.75) is 26.2 Å². The minimum Gasteiger partial charge on any atom is -0.359 e. The molecular weight excluding hydrogens is 988 g/mol. The Balaban J connectivity index is 0.00000657. The predicted octanol–water partition coefficient (Wildman–Crippen LogP) is 13.8. The number of nitriles is 1. The molecule has 3 aromatic heterocycles. The molecule has 3 heterocycles. The molecule has 0 saturated heterocycles. The summed E-state index contributed by atoms with van der Waals surface area (Å²) in [6, 6.07) is 45.5. The van der Waals surface area contributed by atoms with Crippen molar-refractivity contribution in [3.63, 3.8) is 0 Å². The van der Waals surface area contributed by atoms with E-state index < -0.39 is 60.4 Å². The van der Waals surface area contributed by atoms with Crippen LogP contribution in [-0.2, 0) is 26.5 Å². The Bertz CT molecular complexity index is 4070. The van der Waals surface area contributed by atoms with E-state index in [-0.39, 0.29) is 60.0 Å². The number of hydrogen-bond donors (Lipinski definition) is 0. The maximum atomic E-state index is 10.8. The number of aromatic nitrogens is 4. The van der Waals surface area contributed by atoms with E-state index in [2.05, 4.69) is 74.1 Å². The van der Waals surface area contributed by atoms with Gasteiger partial charge in [-0.25, -0.2) is 4.98 Å².